The number of ether oxygens (including phenoxy) is 1. The summed E-state index contributed by atoms with van der Waals surface area (Å²) >= 11 is 0. The number of aryl methyl sites for hydroxylation is 1. The maximum absolute atomic E-state index is 12.7. The molecule has 8 heteroatoms. The monoisotopic (exact) mass is 388 g/mol. The van der Waals surface area contributed by atoms with Crippen LogP contribution in [0.1, 0.15) is 38.4 Å². The van der Waals surface area contributed by atoms with Crippen LogP contribution in [-0.4, -0.2) is 42.2 Å². The smallest absolute Gasteiger partial charge is 0.322 e. The molecule has 0 bridgehead atoms. The standard InChI is InChI=1S/C20H28N4O4/c1-4-5-6-7-12-24(14-19(25)22-18-13-15(2)28-23-18)20(26)21-16-8-10-17(27-3)11-9-16/h8-11,13H,4-7,12,14H2,1-3H3,(H,21,26)(H,22,23,25). The van der Waals surface area contributed by atoms with E-state index in [4.69, 9.17) is 9.26 Å². The Morgan fingerprint density at radius 2 is 1.89 bits per heavy atom. The molecule has 3 amide bonds. The molecule has 28 heavy (non-hydrogen) atoms. The van der Waals surface area contributed by atoms with Gasteiger partial charge in [-0.05, 0) is 37.6 Å². The fourth-order valence-corrected chi connectivity index (χ4v) is 2.64. The van der Waals surface area contributed by atoms with E-state index in [0.29, 0.717) is 29.6 Å². The number of nitrogens with zero attached hydrogens (tertiary/aromatic N) is 2. The van der Waals surface area contributed by atoms with E-state index in [1.807, 2.05) is 0 Å². The van der Waals surface area contributed by atoms with Crippen LogP contribution >= 0.6 is 0 Å². The van der Waals surface area contributed by atoms with Crippen molar-refractivity contribution < 1.29 is 18.8 Å². The molecule has 0 aliphatic heterocycles. The number of amides is 3. The Morgan fingerprint density at radius 3 is 2.50 bits per heavy atom. The molecule has 8 nitrogen and oxygen atoms in total. The molecule has 0 radical (unpaired) electrons. The Kier molecular flexibility index (Phi) is 8.33. The topological polar surface area (TPSA) is 96.7 Å². The summed E-state index contributed by atoms with van der Waals surface area (Å²) < 4.78 is 10.1. The van der Waals surface area contributed by atoms with E-state index in [-0.39, 0.29) is 18.5 Å². The molecule has 0 saturated carbocycles. The molecule has 152 valence electrons. The molecule has 0 aliphatic rings. The van der Waals surface area contributed by atoms with Gasteiger partial charge in [-0.15, -0.1) is 0 Å². The van der Waals surface area contributed by atoms with Gasteiger partial charge in [-0.3, -0.25) is 4.79 Å². The van der Waals surface area contributed by atoms with E-state index in [0.717, 1.165) is 25.7 Å². The maximum atomic E-state index is 12.7. The van der Waals surface area contributed by atoms with Gasteiger partial charge in [0, 0.05) is 18.3 Å². The molecule has 1 aromatic heterocycles. The fraction of sp³-hybridized carbons (Fsp3) is 0.450. The second-order valence-electron chi connectivity index (χ2n) is 6.51. The third kappa shape index (κ3) is 6.94. The van der Waals surface area contributed by atoms with Crippen LogP contribution in [0.2, 0.25) is 0 Å². The summed E-state index contributed by atoms with van der Waals surface area (Å²) in [6.07, 6.45) is 4.04. The van der Waals surface area contributed by atoms with Crippen molar-refractivity contribution in [1.82, 2.24) is 10.1 Å². The molecule has 0 aliphatic carbocycles. The van der Waals surface area contributed by atoms with Crippen LogP contribution in [0.3, 0.4) is 0 Å². The Bertz CT molecular complexity index is 758. The first-order valence-electron chi connectivity index (χ1n) is 9.45. The van der Waals surface area contributed by atoms with Crippen LogP contribution in [0.15, 0.2) is 34.9 Å². The van der Waals surface area contributed by atoms with Crippen molar-refractivity contribution in [3.8, 4) is 5.75 Å². The van der Waals surface area contributed by atoms with Crippen molar-refractivity contribution in [2.45, 2.75) is 39.5 Å². The van der Waals surface area contributed by atoms with Gasteiger partial charge in [0.15, 0.2) is 5.82 Å². The largest absolute Gasteiger partial charge is 0.497 e. The Hall–Kier alpha value is -3.03. The van der Waals surface area contributed by atoms with Crippen LogP contribution in [0, 0.1) is 6.92 Å². The lowest BCUT2D eigenvalue weighted by molar-refractivity contribution is -0.116. The highest BCUT2D eigenvalue weighted by Crippen LogP contribution is 2.16. The first-order valence-corrected chi connectivity index (χ1v) is 9.45. The number of benzene rings is 1. The quantitative estimate of drug-likeness (QED) is 0.599. The van der Waals surface area contributed by atoms with Crippen LogP contribution in [0.4, 0.5) is 16.3 Å². The Morgan fingerprint density at radius 1 is 1.14 bits per heavy atom. The summed E-state index contributed by atoms with van der Waals surface area (Å²) in [5.74, 6) is 1.32. The molecular formula is C20H28N4O4. The van der Waals surface area contributed by atoms with E-state index in [2.05, 4.69) is 22.7 Å². The number of aromatic nitrogens is 1. The lowest BCUT2D eigenvalue weighted by Gasteiger charge is -2.22. The zero-order valence-corrected chi connectivity index (χ0v) is 16.7. The summed E-state index contributed by atoms with van der Waals surface area (Å²) in [6, 6.07) is 8.34. The SMILES string of the molecule is CCCCCCN(CC(=O)Nc1cc(C)on1)C(=O)Nc1ccc(OC)cc1. The van der Waals surface area contributed by atoms with Gasteiger partial charge in [0.25, 0.3) is 0 Å². The number of hydrogen-bond acceptors (Lipinski definition) is 5. The zero-order valence-electron chi connectivity index (χ0n) is 16.7. The number of methoxy groups -OCH3 is 1. The van der Waals surface area contributed by atoms with Crippen molar-refractivity contribution in [3.63, 3.8) is 0 Å². The number of carbonyl (C=O) groups excluding carboxylic acids is 2. The normalized spacial score (nSPS) is 10.4. The minimum absolute atomic E-state index is 0.0694. The average Bonchev–Trinajstić information content (AvgIpc) is 3.09. The molecule has 1 heterocycles. The van der Waals surface area contributed by atoms with E-state index in [1.165, 1.54) is 4.90 Å². The number of urea groups is 1. The third-order valence-electron chi connectivity index (χ3n) is 4.14. The van der Waals surface area contributed by atoms with Gasteiger partial charge in [-0.25, -0.2) is 4.79 Å². The molecule has 0 unspecified atom stereocenters. The highest BCUT2D eigenvalue weighted by atomic mass is 16.5. The van der Waals surface area contributed by atoms with Gasteiger partial charge < -0.3 is 24.8 Å². The lowest BCUT2D eigenvalue weighted by atomic mass is 10.2. The second kappa shape index (κ2) is 11.0. The molecule has 2 N–H and O–H groups in total. The van der Waals surface area contributed by atoms with Crippen molar-refractivity contribution in [3.05, 3.63) is 36.1 Å². The highest BCUT2D eigenvalue weighted by molar-refractivity contribution is 5.96. The van der Waals surface area contributed by atoms with Gasteiger partial charge in [0.1, 0.15) is 18.1 Å². The minimum atomic E-state index is -0.326. The zero-order chi connectivity index (χ0) is 20.4. The van der Waals surface area contributed by atoms with Gasteiger partial charge in [0.2, 0.25) is 5.91 Å². The second-order valence-corrected chi connectivity index (χ2v) is 6.51. The van der Waals surface area contributed by atoms with Gasteiger partial charge >= 0.3 is 6.03 Å². The van der Waals surface area contributed by atoms with Crippen molar-refractivity contribution in [2.24, 2.45) is 0 Å². The molecule has 0 fully saturated rings. The number of carbonyl (C=O) groups is 2. The summed E-state index contributed by atoms with van der Waals surface area (Å²) in [5, 5.41) is 9.21. The van der Waals surface area contributed by atoms with E-state index < -0.39 is 0 Å². The van der Waals surface area contributed by atoms with Gasteiger partial charge in [-0.2, -0.15) is 0 Å². The molecule has 0 spiro atoms. The first-order chi connectivity index (χ1) is 13.5. The number of unbranched alkanes of at least 4 members (excludes halogenated alkanes) is 3. The van der Waals surface area contributed by atoms with Gasteiger partial charge in [-0.1, -0.05) is 31.3 Å². The van der Waals surface area contributed by atoms with E-state index >= 15 is 0 Å². The number of anilines is 2. The maximum Gasteiger partial charge on any atom is 0.322 e. The van der Waals surface area contributed by atoms with E-state index in [1.54, 1.807) is 44.4 Å². The number of nitrogens with one attached hydrogen (secondary N) is 2. The summed E-state index contributed by atoms with van der Waals surface area (Å²) in [6.45, 7) is 4.29. The Balaban J connectivity index is 1.97. The van der Waals surface area contributed by atoms with Crippen molar-refractivity contribution in [1.29, 1.82) is 0 Å². The van der Waals surface area contributed by atoms with Crippen LogP contribution < -0.4 is 15.4 Å². The molecule has 0 saturated heterocycles. The minimum Gasteiger partial charge on any atom is -0.497 e. The summed E-state index contributed by atoms with van der Waals surface area (Å²) in [4.78, 5) is 26.5. The van der Waals surface area contributed by atoms with Crippen molar-refractivity contribution in [2.75, 3.05) is 30.8 Å². The lowest BCUT2D eigenvalue weighted by Crippen LogP contribution is -2.41. The molecule has 2 aromatic rings. The van der Waals surface area contributed by atoms with Gasteiger partial charge in [0.05, 0.1) is 7.11 Å². The molecule has 2 rings (SSSR count). The summed E-state index contributed by atoms with van der Waals surface area (Å²) in [7, 11) is 1.58. The Labute approximate surface area is 165 Å². The van der Waals surface area contributed by atoms with E-state index in [9.17, 15) is 9.59 Å². The number of rotatable bonds is 10. The molecule has 1 aromatic carbocycles. The first kappa shape index (κ1) is 21.3. The predicted octanol–water partition coefficient (Wildman–Crippen LogP) is 4.04. The predicted molar refractivity (Wildman–Crippen MR) is 108 cm³/mol. The van der Waals surface area contributed by atoms with Crippen LogP contribution in [0.5, 0.6) is 5.75 Å². The van der Waals surface area contributed by atoms with Crippen LogP contribution in [-0.2, 0) is 4.79 Å². The fourth-order valence-electron chi connectivity index (χ4n) is 2.64. The van der Waals surface area contributed by atoms with Crippen LogP contribution in [0.25, 0.3) is 0 Å². The highest BCUT2D eigenvalue weighted by Gasteiger charge is 2.18. The molecular weight excluding hydrogens is 360 g/mol. The third-order valence-corrected chi connectivity index (χ3v) is 4.14. The molecule has 0 atom stereocenters. The summed E-state index contributed by atoms with van der Waals surface area (Å²) in [5.41, 5.74) is 0.636. The average molecular weight is 388 g/mol. The number of hydrogen-bond donors (Lipinski definition) is 2. The van der Waals surface area contributed by atoms with Crippen molar-refractivity contribution >= 4 is 23.4 Å².